The van der Waals surface area contributed by atoms with Crippen LogP contribution in [0.15, 0.2) is 0 Å². The molecule has 0 amide bonds. The molecule has 2 bridgehead atoms. The van der Waals surface area contributed by atoms with Crippen LogP contribution in [-0.2, 0) is 9.59 Å². The van der Waals surface area contributed by atoms with E-state index in [1.54, 1.807) is 0 Å². The monoisotopic (exact) mass is 348 g/mol. The fourth-order valence-electron chi connectivity index (χ4n) is 3.92. The fraction of sp³-hybridized carbons (Fsp3) is 0.857. The van der Waals surface area contributed by atoms with Gasteiger partial charge in [-0.3, -0.25) is 9.59 Å². The quantitative estimate of drug-likeness (QED) is 0.570. The van der Waals surface area contributed by atoms with Gasteiger partial charge in [-0.05, 0) is 24.2 Å². The van der Waals surface area contributed by atoms with E-state index in [1.165, 1.54) is 20.8 Å². The first-order chi connectivity index (χ1) is 10.0. The molecule has 0 N–H and O–H groups in total. The number of halogens is 7. The second kappa shape index (κ2) is 4.47. The van der Waals surface area contributed by atoms with E-state index in [0.717, 1.165) is 0 Å². The fourth-order valence-corrected chi connectivity index (χ4v) is 3.92. The van der Waals surface area contributed by atoms with E-state index in [0.29, 0.717) is 0 Å². The molecule has 0 aromatic rings. The predicted octanol–water partition coefficient (Wildman–Crippen LogP) is 4.03. The third-order valence-corrected chi connectivity index (χ3v) is 5.88. The highest BCUT2D eigenvalue weighted by atomic mass is 19.4. The van der Waals surface area contributed by atoms with Crippen LogP contribution in [0.4, 0.5) is 30.7 Å². The molecule has 132 valence electrons. The Morgan fingerprint density at radius 3 is 1.87 bits per heavy atom. The van der Waals surface area contributed by atoms with Crippen LogP contribution in [0.1, 0.15) is 33.6 Å². The molecule has 2 unspecified atom stereocenters. The van der Waals surface area contributed by atoms with Crippen LogP contribution < -0.4 is 0 Å². The van der Waals surface area contributed by atoms with Crippen molar-refractivity contribution in [3.63, 3.8) is 0 Å². The molecule has 2 fully saturated rings. The Hall–Kier alpha value is -1.15. The van der Waals surface area contributed by atoms with E-state index in [-0.39, 0.29) is 12.8 Å². The third-order valence-electron chi connectivity index (χ3n) is 5.88. The standard InChI is InChI=1S/C14H15F7O2/c1-10(2)6-4-5-11(10,3)8(22)7(6)9(23)12(15,16)13(17,18)14(19,20)21/h6-7H,4-5H2,1-3H3/t6?,7-,11?/m0/s1. The summed E-state index contributed by atoms with van der Waals surface area (Å²) < 4.78 is 90.1. The minimum Gasteiger partial charge on any atom is -0.298 e. The van der Waals surface area contributed by atoms with Crippen LogP contribution in [-0.4, -0.2) is 29.6 Å². The number of fused-ring (bicyclic) bond motifs is 2. The summed E-state index contributed by atoms with van der Waals surface area (Å²) in [4.78, 5) is 24.1. The Bertz CT molecular complexity index is 564. The first-order valence-corrected chi connectivity index (χ1v) is 6.94. The number of carbonyl (C=O) groups excluding carboxylic acids is 2. The van der Waals surface area contributed by atoms with Crippen molar-refractivity contribution in [3.8, 4) is 0 Å². The van der Waals surface area contributed by atoms with E-state index in [1.807, 2.05) is 0 Å². The molecule has 2 nitrogen and oxygen atoms in total. The molecule has 3 atom stereocenters. The van der Waals surface area contributed by atoms with Gasteiger partial charge in [-0.2, -0.15) is 30.7 Å². The van der Waals surface area contributed by atoms with Crippen LogP contribution in [0.25, 0.3) is 0 Å². The zero-order chi connectivity index (χ0) is 18.2. The maximum Gasteiger partial charge on any atom is 0.460 e. The maximum atomic E-state index is 13.6. The van der Waals surface area contributed by atoms with Gasteiger partial charge < -0.3 is 0 Å². The lowest BCUT2D eigenvalue weighted by Crippen LogP contribution is -2.59. The lowest BCUT2D eigenvalue weighted by atomic mass is 9.70. The zero-order valence-corrected chi connectivity index (χ0v) is 12.5. The number of hydrogen-bond donors (Lipinski definition) is 0. The molecule has 0 spiro atoms. The molecular weight excluding hydrogens is 333 g/mol. The normalized spacial score (nSPS) is 34.1. The minimum absolute atomic E-state index is 0.152. The molecule has 0 aromatic carbocycles. The van der Waals surface area contributed by atoms with E-state index >= 15 is 0 Å². The molecule has 2 rings (SSSR count). The summed E-state index contributed by atoms with van der Waals surface area (Å²) in [6.45, 7) is 4.51. The summed E-state index contributed by atoms with van der Waals surface area (Å²) in [5.41, 5.74) is -2.10. The van der Waals surface area contributed by atoms with Gasteiger partial charge >= 0.3 is 18.0 Å². The van der Waals surface area contributed by atoms with Crippen molar-refractivity contribution in [2.24, 2.45) is 22.7 Å². The average Bonchev–Trinajstić information content (AvgIpc) is 2.68. The molecule has 0 saturated heterocycles. The van der Waals surface area contributed by atoms with Crippen LogP contribution in [0.5, 0.6) is 0 Å². The highest BCUT2D eigenvalue weighted by molar-refractivity contribution is 6.10. The number of rotatable bonds is 3. The van der Waals surface area contributed by atoms with Gasteiger partial charge in [0.1, 0.15) is 5.78 Å². The molecule has 9 heteroatoms. The topological polar surface area (TPSA) is 34.1 Å². The van der Waals surface area contributed by atoms with Crippen molar-refractivity contribution < 1.29 is 40.3 Å². The summed E-state index contributed by atoms with van der Waals surface area (Å²) in [7, 11) is 0. The lowest BCUT2D eigenvalue weighted by Gasteiger charge is -2.32. The van der Waals surface area contributed by atoms with Gasteiger partial charge in [0.2, 0.25) is 5.78 Å². The predicted molar refractivity (Wildman–Crippen MR) is 64.1 cm³/mol. The van der Waals surface area contributed by atoms with Crippen LogP contribution in [0.2, 0.25) is 0 Å². The molecule has 2 aliphatic rings. The van der Waals surface area contributed by atoms with Crippen molar-refractivity contribution in [2.45, 2.75) is 51.6 Å². The first kappa shape index (κ1) is 18.2. The van der Waals surface area contributed by atoms with Crippen molar-refractivity contribution in [3.05, 3.63) is 0 Å². The SMILES string of the molecule is CC12CCC([C@H](C(=O)C(F)(F)C(F)(F)C(F)(F)F)C1=O)C2(C)C. The number of carbonyl (C=O) groups is 2. The molecule has 0 aliphatic heterocycles. The second-order valence-corrected chi connectivity index (χ2v) is 7.05. The number of alkyl halides is 7. The average molecular weight is 348 g/mol. The van der Waals surface area contributed by atoms with Gasteiger partial charge in [0.05, 0.1) is 5.92 Å². The van der Waals surface area contributed by atoms with E-state index in [2.05, 4.69) is 0 Å². The lowest BCUT2D eigenvalue weighted by molar-refractivity contribution is -0.344. The maximum absolute atomic E-state index is 13.6. The Labute approximate surface area is 127 Å². The zero-order valence-electron chi connectivity index (χ0n) is 12.5. The van der Waals surface area contributed by atoms with Gasteiger partial charge in [-0.15, -0.1) is 0 Å². The van der Waals surface area contributed by atoms with E-state index in [9.17, 15) is 40.3 Å². The van der Waals surface area contributed by atoms with Gasteiger partial charge in [0, 0.05) is 5.41 Å². The third kappa shape index (κ3) is 1.94. The van der Waals surface area contributed by atoms with Crippen molar-refractivity contribution in [1.82, 2.24) is 0 Å². The van der Waals surface area contributed by atoms with Gasteiger partial charge in [0.15, 0.2) is 0 Å². The number of ketones is 2. The molecule has 2 aliphatic carbocycles. The largest absolute Gasteiger partial charge is 0.460 e. The van der Waals surface area contributed by atoms with Crippen molar-refractivity contribution in [1.29, 1.82) is 0 Å². The summed E-state index contributed by atoms with van der Waals surface area (Å²) in [5, 5.41) is 0. The van der Waals surface area contributed by atoms with E-state index < -0.39 is 52.3 Å². The summed E-state index contributed by atoms with van der Waals surface area (Å²) in [5.74, 6) is -19.2. The Morgan fingerprint density at radius 1 is 1.04 bits per heavy atom. The number of hydrogen-bond acceptors (Lipinski definition) is 2. The van der Waals surface area contributed by atoms with Crippen LogP contribution in [0.3, 0.4) is 0 Å². The highest BCUT2D eigenvalue weighted by Crippen LogP contribution is 2.66. The molecule has 0 aromatic heterocycles. The second-order valence-electron chi connectivity index (χ2n) is 7.05. The molecule has 23 heavy (non-hydrogen) atoms. The first-order valence-electron chi connectivity index (χ1n) is 6.94. The molecule has 0 radical (unpaired) electrons. The van der Waals surface area contributed by atoms with Crippen LogP contribution in [0, 0.1) is 22.7 Å². The van der Waals surface area contributed by atoms with Gasteiger partial charge in [0.25, 0.3) is 0 Å². The van der Waals surface area contributed by atoms with Crippen molar-refractivity contribution >= 4 is 11.6 Å². The van der Waals surface area contributed by atoms with Gasteiger partial charge in [-0.1, -0.05) is 20.8 Å². The highest BCUT2D eigenvalue weighted by Gasteiger charge is 2.79. The Balaban J connectivity index is 2.45. The molecule has 0 heterocycles. The smallest absolute Gasteiger partial charge is 0.298 e. The molecule has 2 saturated carbocycles. The van der Waals surface area contributed by atoms with Crippen LogP contribution >= 0.6 is 0 Å². The van der Waals surface area contributed by atoms with E-state index in [4.69, 9.17) is 0 Å². The minimum atomic E-state index is -6.59. The Morgan fingerprint density at radius 2 is 1.52 bits per heavy atom. The summed E-state index contributed by atoms with van der Waals surface area (Å²) >= 11 is 0. The number of Topliss-reactive ketones (excluding diaryl/α,β-unsaturated/α-hetero) is 2. The summed E-state index contributed by atoms with van der Waals surface area (Å²) in [6, 6.07) is 0. The Kier molecular flexibility index (Phi) is 3.54. The van der Waals surface area contributed by atoms with Crippen molar-refractivity contribution in [2.75, 3.05) is 0 Å². The summed E-state index contributed by atoms with van der Waals surface area (Å²) in [6.07, 6.45) is -6.15. The van der Waals surface area contributed by atoms with Gasteiger partial charge in [-0.25, -0.2) is 0 Å². The molecular formula is C14H15F7O2.